The third-order valence-electron chi connectivity index (χ3n) is 4.38. The third kappa shape index (κ3) is 3.00. The number of benzene rings is 1. The molecule has 3 heterocycles. The lowest BCUT2D eigenvalue weighted by Gasteiger charge is -2.19. The minimum Gasteiger partial charge on any atom is -0.264 e. The molecule has 3 aromatic heterocycles. The maximum atomic E-state index is 6.74. The number of hydrogen-bond acceptors (Lipinski definition) is 4. The summed E-state index contributed by atoms with van der Waals surface area (Å²) in [6.45, 7) is 4.02. The Kier molecular flexibility index (Phi) is 4.27. The van der Waals surface area contributed by atoms with Gasteiger partial charge in [0.1, 0.15) is 0 Å². The van der Waals surface area contributed by atoms with Crippen molar-refractivity contribution in [1.29, 1.82) is 0 Å². The van der Waals surface area contributed by atoms with E-state index in [4.69, 9.17) is 11.8 Å². The molecule has 128 valence electrons. The summed E-state index contributed by atoms with van der Waals surface area (Å²) in [5, 5.41) is 1.96. The predicted octanol–water partition coefficient (Wildman–Crippen LogP) is 5.60. The largest absolute Gasteiger partial charge is 0.264 e. The zero-order valence-corrected chi connectivity index (χ0v) is 15.3. The zero-order valence-electron chi connectivity index (χ0n) is 14.5. The fraction of sp³-hybridized carbons (Fsp3) is 0.0952. The molecule has 0 fully saturated rings. The van der Waals surface area contributed by atoms with Gasteiger partial charge >= 0.3 is 0 Å². The lowest BCUT2D eigenvalue weighted by molar-refractivity contribution is 1.20. The van der Waals surface area contributed by atoms with Crippen molar-refractivity contribution in [3.05, 3.63) is 78.5 Å². The van der Waals surface area contributed by atoms with Crippen molar-refractivity contribution in [2.45, 2.75) is 13.8 Å². The van der Waals surface area contributed by atoms with E-state index in [1.807, 2.05) is 38.2 Å². The molecule has 0 saturated carbocycles. The van der Waals surface area contributed by atoms with Crippen LogP contribution in [0.25, 0.3) is 21.9 Å². The summed E-state index contributed by atoms with van der Waals surface area (Å²) in [4.78, 5) is 13.0. The van der Waals surface area contributed by atoms with Gasteiger partial charge in [-0.1, -0.05) is 12.1 Å². The van der Waals surface area contributed by atoms with Crippen LogP contribution in [0.3, 0.4) is 0 Å². The van der Waals surface area contributed by atoms with Crippen molar-refractivity contribution in [3.63, 3.8) is 0 Å². The molecule has 5 heteroatoms. The number of anilines is 2. The Morgan fingerprint density at radius 1 is 0.846 bits per heavy atom. The van der Waals surface area contributed by atoms with Crippen LogP contribution in [-0.2, 0) is 0 Å². The SMILES string of the molecule is Cc1cc(-c2ccc(C)c(N(Cl)c3nccc4ccncc34)c2)ccn1. The molecule has 0 aliphatic rings. The standard InChI is InChI=1S/C21H17ClN4/c1-14-3-4-17(18-7-9-24-15(2)11-18)12-20(14)26(22)21-19-13-23-8-5-16(19)6-10-25-21/h3-13H,1-2H3. The van der Waals surface area contributed by atoms with E-state index in [9.17, 15) is 0 Å². The lowest BCUT2D eigenvalue weighted by atomic mass is 10.0. The Hall–Kier alpha value is -2.98. The molecule has 0 N–H and O–H groups in total. The first kappa shape index (κ1) is 16.5. The van der Waals surface area contributed by atoms with Gasteiger partial charge in [-0.2, -0.15) is 0 Å². The van der Waals surface area contributed by atoms with Crippen LogP contribution in [0.2, 0.25) is 0 Å². The van der Waals surface area contributed by atoms with Crippen molar-refractivity contribution in [2.75, 3.05) is 4.42 Å². The second-order valence-corrected chi connectivity index (χ2v) is 6.54. The van der Waals surface area contributed by atoms with Gasteiger partial charge in [0.15, 0.2) is 5.82 Å². The molecule has 0 atom stereocenters. The number of pyridine rings is 3. The Labute approximate surface area is 157 Å². The molecule has 0 amide bonds. The van der Waals surface area contributed by atoms with E-state index in [1.165, 1.54) is 0 Å². The molecule has 1 aromatic carbocycles. The molecular formula is C21H17ClN4. The average Bonchev–Trinajstić information content (AvgIpc) is 2.67. The van der Waals surface area contributed by atoms with Crippen LogP contribution in [0, 0.1) is 13.8 Å². The van der Waals surface area contributed by atoms with Crippen LogP contribution in [0.4, 0.5) is 11.5 Å². The van der Waals surface area contributed by atoms with Crippen molar-refractivity contribution in [3.8, 4) is 11.1 Å². The molecule has 4 rings (SSSR count). The van der Waals surface area contributed by atoms with E-state index in [0.717, 1.165) is 38.8 Å². The van der Waals surface area contributed by atoms with Crippen LogP contribution in [0.5, 0.6) is 0 Å². The summed E-state index contributed by atoms with van der Waals surface area (Å²) in [7, 11) is 0. The molecule has 0 saturated heterocycles. The number of aromatic nitrogens is 3. The van der Waals surface area contributed by atoms with Gasteiger partial charge < -0.3 is 0 Å². The number of aryl methyl sites for hydroxylation is 2. The lowest BCUT2D eigenvalue weighted by Crippen LogP contribution is -2.06. The first-order chi connectivity index (χ1) is 12.6. The average molecular weight is 361 g/mol. The second-order valence-electron chi connectivity index (χ2n) is 6.20. The van der Waals surface area contributed by atoms with E-state index in [0.29, 0.717) is 5.82 Å². The molecule has 4 nitrogen and oxygen atoms in total. The highest BCUT2D eigenvalue weighted by molar-refractivity contribution is 6.31. The highest BCUT2D eigenvalue weighted by Crippen LogP contribution is 2.36. The van der Waals surface area contributed by atoms with E-state index in [-0.39, 0.29) is 0 Å². The van der Waals surface area contributed by atoms with Gasteiger partial charge in [0.2, 0.25) is 0 Å². The van der Waals surface area contributed by atoms with E-state index in [1.54, 1.807) is 23.0 Å². The molecule has 0 unspecified atom stereocenters. The summed E-state index contributed by atoms with van der Waals surface area (Å²) < 4.78 is 1.61. The van der Waals surface area contributed by atoms with E-state index in [2.05, 4.69) is 39.2 Å². The van der Waals surface area contributed by atoms with Gasteiger partial charge in [-0.3, -0.25) is 9.97 Å². The Morgan fingerprint density at radius 3 is 2.46 bits per heavy atom. The Balaban J connectivity index is 1.83. The number of rotatable bonds is 3. The minimum atomic E-state index is 0.670. The highest BCUT2D eigenvalue weighted by Gasteiger charge is 2.15. The van der Waals surface area contributed by atoms with Gasteiger partial charge in [0.05, 0.1) is 5.69 Å². The first-order valence-corrected chi connectivity index (χ1v) is 8.65. The maximum Gasteiger partial charge on any atom is 0.157 e. The number of fused-ring (bicyclic) bond motifs is 1. The Morgan fingerprint density at radius 2 is 1.62 bits per heavy atom. The third-order valence-corrected chi connectivity index (χ3v) is 4.73. The molecule has 4 aromatic rings. The monoisotopic (exact) mass is 360 g/mol. The van der Waals surface area contributed by atoms with Crippen molar-refractivity contribution in [2.24, 2.45) is 0 Å². The zero-order chi connectivity index (χ0) is 18.1. The number of halogens is 1. The first-order valence-electron chi connectivity index (χ1n) is 8.32. The van der Waals surface area contributed by atoms with Crippen LogP contribution in [0.1, 0.15) is 11.3 Å². The summed E-state index contributed by atoms with van der Waals surface area (Å²) >= 11 is 6.74. The van der Waals surface area contributed by atoms with Gasteiger partial charge in [0, 0.05) is 47.6 Å². The van der Waals surface area contributed by atoms with Crippen LogP contribution in [-0.4, -0.2) is 15.0 Å². The fourth-order valence-electron chi connectivity index (χ4n) is 2.99. The van der Waals surface area contributed by atoms with Gasteiger partial charge in [-0.15, -0.1) is 0 Å². The van der Waals surface area contributed by atoms with Crippen LogP contribution < -0.4 is 4.42 Å². The van der Waals surface area contributed by atoms with Crippen LogP contribution >= 0.6 is 11.8 Å². The summed E-state index contributed by atoms with van der Waals surface area (Å²) in [6, 6.07) is 14.2. The van der Waals surface area contributed by atoms with E-state index < -0.39 is 0 Å². The molecule has 0 bridgehead atoms. The quantitative estimate of drug-likeness (QED) is 0.446. The van der Waals surface area contributed by atoms with Gasteiger partial charge in [-0.25, -0.2) is 9.40 Å². The molecular weight excluding hydrogens is 344 g/mol. The van der Waals surface area contributed by atoms with Gasteiger partial charge in [-0.05, 0) is 66.3 Å². The van der Waals surface area contributed by atoms with Crippen molar-refractivity contribution < 1.29 is 0 Å². The molecule has 0 aliphatic heterocycles. The topological polar surface area (TPSA) is 41.9 Å². The highest BCUT2D eigenvalue weighted by atomic mass is 35.5. The second kappa shape index (κ2) is 6.73. The summed E-state index contributed by atoms with van der Waals surface area (Å²) in [5.41, 5.74) is 5.13. The minimum absolute atomic E-state index is 0.670. The fourth-order valence-corrected chi connectivity index (χ4v) is 3.31. The van der Waals surface area contributed by atoms with Crippen molar-refractivity contribution in [1.82, 2.24) is 15.0 Å². The Bertz CT molecular complexity index is 1090. The smallest absolute Gasteiger partial charge is 0.157 e. The molecule has 0 radical (unpaired) electrons. The normalized spacial score (nSPS) is 10.9. The van der Waals surface area contributed by atoms with E-state index >= 15 is 0 Å². The maximum absolute atomic E-state index is 6.74. The number of nitrogens with zero attached hydrogens (tertiary/aromatic N) is 4. The molecule has 26 heavy (non-hydrogen) atoms. The number of hydrogen-bond donors (Lipinski definition) is 0. The van der Waals surface area contributed by atoms with Gasteiger partial charge in [0.25, 0.3) is 0 Å². The molecule has 0 spiro atoms. The summed E-state index contributed by atoms with van der Waals surface area (Å²) in [6.07, 6.45) is 7.14. The predicted molar refractivity (Wildman–Crippen MR) is 107 cm³/mol. The van der Waals surface area contributed by atoms with Crippen LogP contribution in [0.15, 0.2) is 67.3 Å². The summed E-state index contributed by atoms with van der Waals surface area (Å²) in [5.74, 6) is 0.670. The van der Waals surface area contributed by atoms with Crippen molar-refractivity contribution >= 4 is 34.1 Å². The molecule has 0 aliphatic carbocycles.